The molecule has 1 aliphatic rings. The van der Waals surface area contributed by atoms with E-state index in [4.69, 9.17) is 9.47 Å². The number of methoxy groups -OCH3 is 1. The normalized spacial score (nSPS) is 19.6. The van der Waals surface area contributed by atoms with Crippen LogP contribution >= 0.6 is 0 Å². The van der Waals surface area contributed by atoms with E-state index in [-0.39, 0.29) is 5.92 Å². The van der Waals surface area contributed by atoms with Gasteiger partial charge in [0.05, 0.1) is 13.7 Å². The first-order valence-electron chi connectivity index (χ1n) is 6.59. The summed E-state index contributed by atoms with van der Waals surface area (Å²) in [5, 5.41) is 0. The Morgan fingerprint density at radius 3 is 2.56 bits per heavy atom. The van der Waals surface area contributed by atoms with Crippen LogP contribution in [-0.4, -0.2) is 19.5 Å². The number of rotatable bonds is 5. The molecule has 1 atom stereocenters. The summed E-state index contributed by atoms with van der Waals surface area (Å²) in [7, 11) is 1.64. The van der Waals surface area contributed by atoms with Gasteiger partial charge in [-0.15, -0.1) is 0 Å². The standard InChI is InChI=1S/C15H20O3/c1-17-13-6-8-14(9-7-13)18-11-10-12-4-2-3-5-15(12)16/h6-9,12H,2-5,10-11H2,1H3. The van der Waals surface area contributed by atoms with Crippen LogP contribution in [0.3, 0.4) is 0 Å². The van der Waals surface area contributed by atoms with Crippen molar-refractivity contribution in [2.45, 2.75) is 32.1 Å². The summed E-state index contributed by atoms with van der Waals surface area (Å²) in [5.74, 6) is 2.29. The lowest BCUT2D eigenvalue weighted by Crippen LogP contribution is -2.21. The number of benzene rings is 1. The number of carbonyl (C=O) groups excluding carboxylic acids is 1. The quantitative estimate of drug-likeness (QED) is 0.802. The van der Waals surface area contributed by atoms with E-state index < -0.39 is 0 Å². The fourth-order valence-electron chi connectivity index (χ4n) is 2.35. The fourth-order valence-corrected chi connectivity index (χ4v) is 2.35. The molecule has 2 rings (SSSR count). The molecule has 0 saturated heterocycles. The van der Waals surface area contributed by atoms with Gasteiger partial charge in [-0.2, -0.15) is 0 Å². The van der Waals surface area contributed by atoms with Gasteiger partial charge in [-0.1, -0.05) is 6.42 Å². The summed E-state index contributed by atoms with van der Waals surface area (Å²) in [6, 6.07) is 7.53. The minimum Gasteiger partial charge on any atom is -0.497 e. The van der Waals surface area contributed by atoms with Gasteiger partial charge < -0.3 is 9.47 Å². The molecule has 98 valence electrons. The molecule has 3 heteroatoms. The number of Topliss-reactive ketones (excluding diaryl/α,β-unsaturated/α-hetero) is 1. The van der Waals surface area contributed by atoms with Crippen molar-refractivity contribution >= 4 is 5.78 Å². The van der Waals surface area contributed by atoms with Gasteiger partial charge in [0.15, 0.2) is 0 Å². The highest BCUT2D eigenvalue weighted by Gasteiger charge is 2.21. The van der Waals surface area contributed by atoms with E-state index in [2.05, 4.69) is 0 Å². The Bertz CT molecular complexity index is 383. The first-order valence-corrected chi connectivity index (χ1v) is 6.59. The maximum Gasteiger partial charge on any atom is 0.136 e. The second-order valence-corrected chi connectivity index (χ2v) is 4.72. The maximum atomic E-state index is 11.6. The van der Waals surface area contributed by atoms with E-state index in [1.165, 1.54) is 6.42 Å². The van der Waals surface area contributed by atoms with Gasteiger partial charge in [0.1, 0.15) is 17.3 Å². The lowest BCUT2D eigenvalue weighted by Gasteiger charge is -2.20. The third kappa shape index (κ3) is 3.49. The average molecular weight is 248 g/mol. The van der Waals surface area contributed by atoms with Crippen LogP contribution in [0, 0.1) is 5.92 Å². The molecule has 0 aromatic heterocycles. The van der Waals surface area contributed by atoms with E-state index in [0.29, 0.717) is 12.4 Å². The minimum absolute atomic E-state index is 0.219. The number of ether oxygens (including phenoxy) is 2. The Morgan fingerprint density at radius 1 is 1.17 bits per heavy atom. The van der Waals surface area contributed by atoms with Crippen molar-refractivity contribution in [3.8, 4) is 11.5 Å². The SMILES string of the molecule is COc1ccc(OCCC2CCCCC2=O)cc1. The van der Waals surface area contributed by atoms with E-state index in [1.807, 2.05) is 24.3 Å². The van der Waals surface area contributed by atoms with Crippen molar-refractivity contribution in [3.05, 3.63) is 24.3 Å². The molecule has 0 bridgehead atoms. The van der Waals surface area contributed by atoms with Crippen molar-refractivity contribution in [3.63, 3.8) is 0 Å². The van der Waals surface area contributed by atoms with Crippen molar-refractivity contribution < 1.29 is 14.3 Å². The summed E-state index contributed by atoms with van der Waals surface area (Å²) in [4.78, 5) is 11.6. The largest absolute Gasteiger partial charge is 0.497 e. The third-order valence-electron chi connectivity index (χ3n) is 3.48. The highest BCUT2D eigenvalue weighted by atomic mass is 16.5. The van der Waals surface area contributed by atoms with Crippen LogP contribution in [0.5, 0.6) is 11.5 Å². The summed E-state index contributed by atoms with van der Waals surface area (Å²) in [6.07, 6.45) is 4.87. The number of hydrogen-bond donors (Lipinski definition) is 0. The van der Waals surface area contributed by atoms with Crippen molar-refractivity contribution in [2.75, 3.05) is 13.7 Å². The monoisotopic (exact) mass is 248 g/mol. The van der Waals surface area contributed by atoms with E-state index in [0.717, 1.165) is 37.2 Å². The molecule has 0 amide bonds. The Labute approximate surface area is 108 Å². The zero-order chi connectivity index (χ0) is 12.8. The van der Waals surface area contributed by atoms with Crippen LogP contribution in [0.2, 0.25) is 0 Å². The van der Waals surface area contributed by atoms with Crippen molar-refractivity contribution in [2.24, 2.45) is 5.92 Å². The van der Waals surface area contributed by atoms with Crippen LogP contribution in [-0.2, 0) is 4.79 Å². The van der Waals surface area contributed by atoms with Crippen molar-refractivity contribution in [1.29, 1.82) is 0 Å². The second kappa shape index (κ2) is 6.43. The van der Waals surface area contributed by atoms with Crippen LogP contribution < -0.4 is 9.47 Å². The summed E-state index contributed by atoms with van der Waals surface area (Å²) in [6.45, 7) is 0.614. The molecule has 3 nitrogen and oxygen atoms in total. The minimum atomic E-state index is 0.219. The van der Waals surface area contributed by atoms with Gasteiger partial charge >= 0.3 is 0 Å². The molecule has 1 aromatic rings. The van der Waals surface area contributed by atoms with Crippen LogP contribution in [0.1, 0.15) is 32.1 Å². The average Bonchev–Trinajstić information content (AvgIpc) is 2.42. The van der Waals surface area contributed by atoms with Crippen LogP contribution in [0.25, 0.3) is 0 Å². The van der Waals surface area contributed by atoms with Gasteiger partial charge in [0.2, 0.25) is 0 Å². The molecule has 1 aliphatic carbocycles. The second-order valence-electron chi connectivity index (χ2n) is 4.72. The molecule has 1 aromatic carbocycles. The van der Waals surface area contributed by atoms with Crippen LogP contribution in [0.4, 0.5) is 0 Å². The first-order chi connectivity index (χ1) is 8.79. The van der Waals surface area contributed by atoms with Crippen molar-refractivity contribution in [1.82, 2.24) is 0 Å². The number of carbonyl (C=O) groups is 1. The molecule has 0 N–H and O–H groups in total. The highest BCUT2D eigenvalue weighted by molar-refractivity contribution is 5.81. The Balaban J connectivity index is 1.75. The lowest BCUT2D eigenvalue weighted by molar-refractivity contribution is -0.125. The topological polar surface area (TPSA) is 35.5 Å². The van der Waals surface area contributed by atoms with Gasteiger partial charge in [-0.25, -0.2) is 0 Å². The summed E-state index contributed by atoms with van der Waals surface area (Å²) >= 11 is 0. The van der Waals surface area contributed by atoms with E-state index >= 15 is 0 Å². The number of hydrogen-bond acceptors (Lipinski definition) is 3. The molecule has 1 unspecified atom stereocenters. The Kier molecular flexibility index (Phi) is 4.62. The highest BCUT2D eigenvalue weighted by Crippen LogP contribution is 2.24. The molecule has 0 radical (unpaired) electrons. The third-order valence-corrected chi connectivity index (χ3v) is 3.48. The van der Waals surface area contributed by atoms with E-state index in [9.17, 15) is 4.79 Å². The predicted octanol–water partition coefficient (Wildman–Crippen LogP) is 3.22. The number of ketones is 1. The predicted molar refractivity (Wildman–Crippen MR) is 70.1 cm³/mol. The molecule has 1 saturated carbocycles. The lowest BCUT2D eigenvalue weighted by atomic mass is 9.86. The van der Waals surface area contributed by atoms with Crippen LogP contribution in [0.15, 0.2) is 24.3 Å². The molecule has 0 aliphatic heterocycles. The smallest absolute Gasteiger partial charge is 0.136 e. The molecule has 0 heterocycles. The summed E-state index contributed by atoms with van der Waals surface area (Å²) in [5.41, 5.74) is 0. The van der Waals surface area contributed by atoms with Gasteiger partial charge in [0, 0.05) is 12.3 Å². The summed E-state index contributed by atoms with van der Waals surface area (Å²) < 4.78 is 10.7. The Hall–Kier alpha value is -1.51. The molecule has 0 spiro atoms. The van der Waals surface area contributed by atoms with Gasteiger partial charge in [-0.05, 0) is 43.5 Å². The first kappa shape index (κ1) is 12.9. The Morgan fingerprint density at radius 2 is 1.89 bits per heavy atom. The van der Waals surface area contributed by atoms with E-state index in [1.54, 1.807) is 7.11 Å². The molecule has 18 heavy (non-hydrogen) atoms. The zero-order valence-corrected chi connectivity index (χ0v) is 10.9. The zero-order valence-electron chi connectivity index (χ0n) is 10.9. The molecule has 1 fully saturated rings. The van der Waals surface area contributed by atoms with Gasteiger partial charge in [-0.3, -0.25) is 4.79 Å². The molecular weight excluding hydrogens is 228 g/mol. The van der Waals surface area contributed by atoms with Gasteiger partial charge in [0.25, 0.3) is 0 Å². The molecular formula is C15H20O3. The fraction of sp³-hybridized carbons (Fsp3) is 0.533. The maximum absolute atomic E-state index is 11.6.